The zero-order chi connectivity index (χ0) is 34.6. The van der Waals surface area contributed by atoms with Crippen molar-refractivity contribution in [2.45, 2.75) is 45.4 Å². The van der Waals surface area contributed by atoms with Gasteiger partial charge in [0.25, 0.3) is 0 Å². The summed E-state index contributed by atoms with van der Waals surface area (Å²) in [5, 5.41) is 7.52. The Labute approximate surface area is 298 Å². The van der Waals surface area contributed by atoms with Crippen LogP contribution in [0.25, 0.3) is 56.0 Å². The van der Waals surface area contributed by atoms with E-state index in [9.17, 15) is 0 Å². The van der Waals surface area contributed by atoms with Crippen LogP contribution in [0.2, 0.25) is 0 Å². The highest BCUT2D eigenvalue weighted by Crippen LogP contribution is 2.49. The van der Waals surface area contributed by atoms with E-state index in [1.807, 2.05) is 0 Å². The number of hydrogen-bond donors (Lipinski definition) is 0. The van der Waals surface area contributed by atoms with E-state index in [0.717, 1.165) is 5.69 Å². The van der Waals surface area contributed by atoms with Crippen molar-refractivity contribution >= 4 is 33.5 Å². The molecule has 0 unspecified atom stereocenters. The Hall–Kier alpha value is -5.86. The molecule has 2 nitrogen and oxygen atoms in total. The first-order valence-electron chi connectivity index (χ1n) is 18.1. The summed E-state index contributed by atoms with van der Waals surface area (Å²) in [4.78, 5) is 0. The Balaban J connectivity index is 1.53. The van der Waals surface area contributed by atoms with E-state index < -0.39 is 0 Å². The molecule has 0 fully saturated rings. The maximum absolute atomic E-state index is 2.57. The predicted octanol–water partition coefficient (Wildman–Crippen LogP) is 10.5. The molecule has 8 aromatic rings. The highest BCUT2D eigenvalue weighted by Gasteiger charge is 2.36. The van der Waals surface area contributed by atoms with Crippen LogP contribution in [0.5, 0.6) is 0 Å². The smallest absolute Gasteiger partial charge is 0.0789 e. The van der Waals surface area contributed by atoms with Gasteiger partial charge >= 0.3 is 0 Å². The lowest BCUT2D eigenvalue weighted by atomic mass is 9.75. The van der Waals surface area contributed by atoms with Crippen molar-refractivity contribution in [2.75, 3.05) is 0 Å². The monoisotopic (exact) mass is 656 g/mol. The zero-order valence-corrected chi connectivity index (χ0v) is 29.8. The molecule has 0 saturated heterocycles. The van der Waals surface area contributed by atoms with E-state index in [1.165, 1.54) is 87.6 Å². The molecule has 51 heavy (non-hydrogen) atoms. The second kappa shape index (κ2) is 10.6. The number of aromatic nitrogens is 2. The van der Waals surface area contributed by atoms with E-state index in [2.05, 4.69) is 195 Å². The fourth-order valence-electron chi connectivity index (χ4n) is 9.30. The molecule has 2 heterocycles. The van der Waals surface area contributed by atoms with Gasteiger partial charge in [-0.3, -0.25) is 0 Å². The molecule has 0 saturated carbocycles. The second-order valence-corrected chi connectivity index (χ2v) is 15.4. The lowest BCUT2D eigenvalue weighted by Crippen LogP contribution is -2.25. The SMILES string of the molecule is C\C1=c2/c(n(-c3ccc4c(c3)C(C)(C)c3ccccc3-4)c3ccccc23)=c2\c(c3ccccc3n2-c2ccccc2)=C\c2ccccc2C1(C)C. The summed E-state index contributed by atoms with van der Waals surface area (Å²) in [6.45, 7) is 11.9. The molecule has 0 radical (unpaired) electrons. The van der Waals surface area contributed by atoms with Gasteiger partial charge in [-0.25, -0.2) is 0 Å². The van der Waals surface area contributed by atoms with Gasteiger partial charge in [-0.1, -0.05) is 142 Å². The molecule has 0 bridgehead atoms. The van der Waals surface area contributed by atoms with Crippen LogP contribution in [-0.2, 0) is 10.8 Å². The van der Waals surface area contributed by atoms with Crippen LogP contribution in [0.3, 0.4) is 0 Å². The minimum atomic E-state index is -0.241. The first-order chi connectivity index (χ1) is 24.8. The molecule has 2 aliphatic carbocycles. The minimum absolute atomic E-state index is 0.111. The topological polar surface area (TPSA) is 9.86 Å². The molecule has 6 aromatic carbocycles. The van der Waals surface area contributed by atoms with Gasteiger partial charge < -0.3 is 9.13 Å². The molecule has 2 aliphatic rings. The van der Waals surface area contributed by atoms with Gasteiger partial charge in [-0.2, -0.15) is 0 Å². The normalized spacial score (nSPS) is 17.6. The molecule has 2 heteroatoms. The number of rotatable bonds is 2. The molecule has 2 aromatic heterocycles. The molecular weight excluding hydrogens is 617 g/mol. The standard InChI is InChI=1S/C49H40N2/c1-31-45-38-22-12-16-26-44(38)51(34-27-28-36-35-20-10-14-24-41(35)49(4,5)42(36)30-34)47(45)46-39(29-32-17-9-13-23-40(32)48(31,2)3)37-21-11-15-25-43(37)50(46)33-18-7-6-8-19-33/h6-30H,1-5H3/b39-29+,45-31+,47-46-. The summed E-state index contributed by atoms with van der Waals surface area (Å²) in [7, 11) is 0. The van der Waals surface area contributed by atoms with Gasteiger partial charge in [0.15, 0.2) is 0 Å². The average Bonchev–Trinajstić information content (AvgIpc) is 3.75. The van der Waals surface area contributed by atoms with Crippen molar-refractivity contribution in [3.8, 4) is 22.5 Å². The van der Waals surface area contributed by atoms with Crippen molar-refractivity contribution < 1.29 is 0 Å². The third-order valence-corrected chi connectivity index (χ3v) is 12.1. The Morgan fingerprint density at radius 3 is 1.82 bits per heavy atom. The zero-order valence-electron chi connectivity index (χ0n) is 29.8. The van der Waals surface area contributed by atoms with Crippen molar-refractivity contribution in [2.24, 2.45) is 0 Å². The molecule has 0 aliphatic heterocycles. The minimum Gasteiger partial charge on any atom is -0.307 e. The summed E-state index contributed by atoms with van der Waals surface area (Å²) in [6.07, 6.45) is 2.46. The molecule has 10 rings (SSSR count). The first kappa shape index (κ1) is 30.0. The summed E-state index contributed by atoms with van der Waals surface area (Å²) in [5.41, 5.74) is 13.8. The van der Waals surface area contributed by atoms with Gasteiger partial charge in [-0.15, -0.1) is 0 Å². The lowest BCUT2D eigenvalue weighted by Gasteiger charge is -2.28. The van der Waals surface area contributed by atoms with Crippen LogP contribution < -0.4 is 10.4 Å². The van der Waals surface area contributed by atoms with E-state index in [0.29, 0.717) is 0 Å². The number of para-hydroxylation sites is 3. The fourth-order valence-corrected chi connectivity index (χ4v) is 9.30. The summed E-state index contributed by atoms with van der Waals surface area (Å²) in [5.74, 6) is 0. The van der Waals surface area contributed by atoms with Gasteiger partial charge in [0.1, 0.15) is 0 Å². The van der Waals surface area contributed by atoms with Crippen LogP contribution in [0.15, 0.2) is 146 Å². The number of hydrogen-bond acceptors (Lipinski definition) is 0. The van der Waals surface area contributed by atoms with Crippen molar-refractivity contribution in [3.05, 3.63) is 189 Å². The second-order valence-electron chi connectivity index (χ2n) is 15.4. The summed E-state index contributed by atoms with van der Waals surface area (Å²) < 4.78 is 5.08. The Morgan fingerprint density at radius 2 is 1.04 bits per heavy atom. The maximum atomic E-state index is 2.57. The van der Waals surface area contributed by atoms with E-state index >= 15 is 0 Å². The Kier molecular flexibility index (Phi) is 6.22. The van der Waals surface area contributed by atoms with Crippen LogP contribution >= 0.6 is 0 Å². The van der Waals surface area contributed by atoms with E-state index in [4.69, 9.17) is 0 Å². The van der Waals surface area contributed by atoms with Gasteiger partial charge in [0.05, 0.1) is 21.7 Å². The van der Waals surface area contributed by atoms with Crippen LogP contribution in [0.1, 0.15) is 56.9 Å². The molecular formula is C49H40N2. The molecule has 246 valence electrons. The largest absolute Gasteiger partial charge is 0.307 e. The molecule has 0 N–H and O–H groups in total. The maximum Gasteiger partial charge on any atom is 0.0789 e. The van der Waals surface area contributed by atoms with Gasteiger partial charge in [-0.05, 0) is 82.8 Å². The molecule has 0 spiro atoms. The van der Waals surface area contributed by atoms with E-state index in [-0.39, 0.29) is 10.8 Å². The fraction of sp³-hybridized carbons (Fsp3) is 0.143. The first-order valence-corrected chi connectivity index (χ1v) is 18.1. The van der Waals surface area contributed by atoms with Crippen LogP contribution in [-0.4, -0.2) is 9.13 Å². The number of benzene rings is 6. The van der Waals surface area contributed by atoms with Crippen molar-refractivity contribution in [1.29, 1.82) is 0 Å². The third kappa shape index (κ3) is 4.05. The highest BCUT2D eigenvalue weighted by molar-refractivity contribution is 5.90. The number of nitrogens with zero attached hydrogens (tertiary/aromatic N) is 2. The lowest BCUT2D eigenvalue weighted by molar-refractivity contribution is 0.659. The number of fused-ring (bicyclic) bond motifs is 10. The summed E-state index contributed by atoms with van der Waals surface area (Å²) in [6, 6.07) is 54.0. The van der Waals surface area contributed by atoms with Crippen molar-refractivity contribution in [1.82, 2.24) is 9.13 Å². The van der Waals surface area contributed by atoms with Gasteiger partial charge in [0, 0.05) is 43.4 Å². The predicted molar refractivity (Wildman–Crippen MR) is 213 cm³/mol. The Bertz CT molecular complexity index is 2970. The Morgan fingerprint density at radius 1 is 0.451 bits per heavy atom. The van der Waals surface area contributed by atoms with E-state index in [1.54, 1.807) is 0 Å². The summed E-state index contributed by atoms with van der Waals surface area (Å²) >= 11 is 0. The van der Waals surface area contributed by atoms with Gasteiger partial charge in [0.2, 0.25) is 0 Å². The molecule has 0 atom stereocenters. The van der Waals surface area contributed by atoms with Crippen molar-refractivity contribution in [3.63, 3.8) is 0 Å². The highest BCUT2D eigenvalue weighted by atomic mass is 15.0. The molecule has 0 amide bonds. The quantitative estimate of drug-likeness (QED) is 0.175. The third-order valence-electron chi connectivity index (χ3n) is 12.1. The van der Waals surface area contributed by atoms with Crippen LogP contribution in [0, 0.1) is 10.7 Å². The van der Waals surface area contributed by atoms with Crippen LogP contribution in [0.4, 0.5) is 0 Å². The average molecular weight is 657 g/mol.